The first-order valence-electron chi connectivity index (χ1n) is 10.1. The number of nitrogens with zero attached hydrogens (tertiary/aromatic N) is 2. The van der Waals surface area contributed by atoms with E-state index in [1.165, 1.54) is 11.9 Å². The molecule has 2 aromatic rings. The van der Waals surface area contributed by atoms with Crippen LogP contribution in [0.5, 0.6) is 0 Å². The minimum absolute atomic E-state index is 0.194. The summed E-state index contributed by atoms with van der Waals surface area (Å²) in [6, 6.07) is 12.1. The van der Waals surface area contributed by atoms with E-state index >= 15 is 0 Å². The van der Waals surface area contributed by atoms with E-state index in [1.54, 1.807) is 19.1 Å². The molecule has 8 heteroatoms. The van der Waals surface area contributed by atoms with Crippen LogP contribution in [0.15, 0.2) is 42.5 Å². The first-order valence-corrected chi connectivity index (χ1v) is 11.9. The maximum Gasteiger partial charge on any atom is 0.244 e. The summed E-state index contributed by atoms with van der Waals surface area (Å²) in [6.45, 7) is 7.20. The van der Waals surface area contributed by atoms with Crippen molar-refractivity contribution in [1.29, 1.82) is 0 Å². The van der Waals surface area contributed by atoms with Crippen molar-refractivity contribution in [1.82, 2.24) is 10.2 Å². The van der Waals surface area contributed by atoms with Crippen molar-refractivity contribution in [2.24, 2.45) is 0 Å². The van der Waals surface area contributed by atoms with E-state index in [0.29, 0.717) is 5.69 Å². The van der Waals surface area contributed by atoms with Crippen LogP contribution >= 0.6 is 0 Å². The largest absolute Gasteiger partial charge is 0.357 e. The maximum absolute atomic E-state index is 13.3. The third-order valence-electron chi connectivity index (χ3n) is 5.31. The van der Waals surface area contributed by atoms with Gasteiger partial charge >= 0.3 is 0 Å². The number of aryl methyl sites for hydroxylation is 3. The molecule has 0 aromatic heterocycles. The molecule has 168 valence electrons. The Hall–Kier alpha value is -2.87. The second kappa shape index (κ2) is 9.96. The fraction of sp³-hybridized carbons (Fsp3) is 0.391. The number of carbonyl (C=O) groups excluding carboxylic acids is 2. The molecule has 0 fully saturated rings. The quantitative estimate of drug-likeness (QED) is 0.677. The summed E-state index contributed by atoms with van der Waals surface area (Å²) in [5.41, 5.74) is 4.26. The number of carbonyl (C=O) groups is 2. The molecule has 0 aliphatic carbocycles. The normalized spacial score (nSPS) is 12.2. The molecular formula is C23H31N3O4S. The molecule has 0 aliphatic rings. The topological polar surface area (TPSA) is 86.8 Å². The number of rotatable bonds is 8. The molecule has 0 spiro atoms. The van der Waals surface area contributed by atoms with Crippen LogP contribution in [0.3, 0.4) is 0 Å². The second-order valence-corrected chi connectivity index (χ2v) is 9.75. The van der Waals surface area contributed by atoms with Crippen molar-refractivity contribution in [3.8, 4) is 0 Å². The van der Waals surface area contributed by atoms with Gasteiger partial charge in [0.05, 0.1) is 11.9 Å². The molecule has 2 amide bonds. The van der Waals surface area contributed by atoms with Crippen LogP contribution in [0.25, 0.3) is 0 Å². The smallest absolute Gasteiger partial charge is 0.244 e. The molecule has 2 rings (SSSR count). The summed E-state index contributed by atoms with van der Waals surface area (Å²) in [7, 11) is -2.22. The number of likely N-dealkylation sites (N-methyl/N-ethyl adjacent to an activating group) is 1. The lowest BCUT2D eigenvalue weighted by molar-refractivity contribution is -0.139. The van der Waals surface area contributed by atoms with Gasteiger partial charge in [0.15, 0.2) is 0 Å². The van der Waals surface area contributed by atoms with Crippen LogP contribution in [0.4, 0.5) is 5.69 Å². The van der Waals surface area contributed by atoms with Crippen LogP contribution in [0.1, 0.15) is 29.2 Å². The average Bonchev–Trinajstić information content (AvgIpc) is 2.70. The molecule has 0 radical (unpaired) electrons. The molecule has 0 saturated carbocycles. The molecule has 1 atom stereocenters. The van der Waals surface area contributed by atoms with Crippen LogP contribution in [-0.4, -0.2) is 51.0 Å². The predicted molar refractivity (Wildman–Crippen MR) is 123 cm³/mol. The van der Waals surface area contributed by atoms with Crippen LogP contribution < -0.4 is 9.62 Å². The summed E-state index contributed by atoms with van der Waals surface area (Å²) in [5, 5.41) is 2.56. The molecule has 2 aromatic carbocycles. The van der Waals surface area contributed by atoms with Crippen LogP contribution in [0.2, 0.25) is 0 Å². The van der Waals surface area contributed by atoms with Gasteiger partial charge in [-0.25, -0.2) is 8.42 Å². The highest BCUT2D eigenvalue weighted by Crippen LogP contribution is 2.22. The number of sulfonamides is 1. The van der Waals surface area contributed by atoms with Gasteiger partial charge in [-0.15, -0.1) is 0 Å². The fourth-order valence-electron chi connectivity index (χ4n) is 3.29. The van der Waals surface area contributed by atoms with E-state index in [-0.39, 0.29) is 12.5 Å². The van der Waals surface area contributed by atoms with Gasteiger partial charge in [0.1, 0.15) is 12.6 Å². The molecular weight excluding hydrogens is 414 g/mol. The Balaban J connectivity index is 2.40. The zero-order valence-electron chi connectivity index (χ0n) is 19.0. The number of hydrogen-bond acceptors (Lipinski definition) is 4. The van der Waals surface area contributed by atoms with Gasteiger partial charge in [-0.2, -0.15) is 0 Å². The number of amides is 2. The molecule has 0 unspecified atom stereocenters. The van der Waals surface area contributed by atoms with Gasteiger partial charge in [-0.3, -0.25) is 13.9 Å². The van der Waals surface area contributed by atoms with Crippen molar-refractivity contribution in [3.63, 3.8) is 0 Å². The molecule has 0 aliphatic heterocycles. The van der Waals surface area contributed by atoms with E-state index in [1.807, 2.05) is 51.1 Å². The molecule has 0 saturated heterocycles. The first kappa shape index (κ1) is 24.4. The van der Waals surface area contributed by atoms with Crippen LogP contribution in [-0.2, 0) is 26.2 Å². The lowest BCUT2D eigenvalue weighted by Crippen LogP contribution is -2.50. The Kier molecular flexibility index (Phi) is 7.84. The standard InChI is InChI=1S/C23H31N3O4S/c1-16-8-7-9-20(12-16)14-25(19(4)23(28)24-5)22(27)15-26(31(6,29)30)21-11-10-17(2)18(3)13-21/h7-13,19H,14-15H2,1-6H3,(H,24,28)/t19-/m0/s1. The number of hydrogen-bond donors (Lipinski definition) is 1. The molecule has 1 N–H and O–H groups in total. The van der Waals surface area contributed by atoms with Gasteiger partial charge in [0.2, 0.25) is 21.8 Å². The molecule has 0 heterocycles. The molecule has 31 heavy (non-hydrogen) atoms. The highest BCUT2D eigenvalue weighted by Gasteiger charge is 2.29. The van der Waals surface area contributed by atoms with Gasteiger partial charge in [-0.05, 0) is 56.5 Å². The molecule has 0 bridgehead atoms. The third-order valence-corrected chi connectivity index (χ3v) is 6.45. The zero-order valence-corrected chi connectivity index (χ0v) is 19.8. The monoisotopic (exact) mass is 445 g/mol. The predicted octanol–water partition coefficient (Wildman–Crippen LogP) is 2.54. The summed E-state index contributed by atoms with van der Waals surface area (Å²) < 4.78 is 26.1. The second-order valence-electron chi connectivity index (χ2n) is 7.84. The number of benzene rings is 2. The first-order chi connectivity index (χ1) is 14.4. The minimum atomic E-state index is -3.72. The van der Waals surface area contributed by atoms with Crippen molar-refractivity contribution in [3.05, 3.63) is 64.7 Å². The lowest BCUT2D eigenvalue weighted by atomic mass is 10.1. The van der Waals surface area contributed by atoms with E-state index in [2.05, 4.69) is 5.32 Å². The van der Waals surface area contributed by atoms with Gasteiger partial charge in [0.25, 0.3) is 0 Å². The number of anilines is 1. The van der Waals surface area contributed by atoms with Gasteiger partial charge in [-0.1, -0.05) is 35.9 Å². The Labute approximate surface area is 185 Å². The zero-order chi connectivity index (χ0) is 23.3. The maximum atomic E-state index is 13.3. The number of nitrogens with one attached hydrogen (secondary N) is 1. The van der Waals surface area contributed by atoms with E-state index in [0.717, 1.165) is 32.8 Å². The average molecular weight is 446 g/mol. The Bertz CT molecular complexity index is 1070. The third kappa shape index (κ3) is 6.30. The van der Waals surface area contributed by atoms with Crippen molar-refractivity contribution >= 4 is 27.5 Å². The highest BCUT2D eigenvalue weighted by molar-refractivity contribution is 7.92. The Morgan fingerprint density at radius 1 is 1.03 bits per heavy atom. The minimum Gasteiger partial charge on any atom is -0.357 e. The lowest BCUT2D eigenvalue weighted by Gasteiger charge is -2.31. The van der Waals surface area contributed by atoms with Crippen molar-refractivity contribution < 1.29 is 18.0 Å². The highest BCUT2D eigenvalue weighted by atomic mass is 32.2. The summed E-state index contributed by atoms with van der Waals surface area (Å²) in [4.78, 5) is 27.0. The summed E-state index contributed by atoms with van der Waals surface area (Å²) >= 11 is 0. The van der Waals surface area contributed by atoms with E-state index in [4.69, 9.17) is 0 Å². The molecule has 7 nitrogen and oxygen atoms in total. The van der Waals surface area contributed by atoms with Gasteiger partial charge < -0.3 is 10.2 Å². The Morgan fingerprint density at radius 2 is 1.71 bits per heavy atom. The Morgan fingerprint density at radius 3 is 2.26 bits per heavy atom. The fourth-order valence-corrected chi connectivity index (χ4v) is 4.13. The van der Waals surface area contributed by atoms with E-state index < -0.39 is 28.5 Å². The summed E-state index contributed by atoms with van der Waals surface area (Å²) in [5.74, 6) is -0.778. The van der Waals surface area contributed by atoms with Gasteiger partial charge in [0, 0.05) is 13.6 Å². The van der Waals surface area contributed by atoms with Crippen molar-refractivity contribution in [2.75, 3.05) is 24.2 Å². The SMILES string of the molecule is CNC(=O)[C@H](C)N(Cc1cccc(C)c1)C(=O)CN(c1ccc(C)c(C)c1)S(C)(=O)=O. The van der Waals surface area contributed by atoms with Crippen molar-refractivity contribution in [2.45, 2.75) is 40.3 Å². The van der Waals surface area contributed by atoms with E-state index in [9.17, 15) is 18.0 Å². The summed E-state index contributed by atoms with van der Waals surface area (Å²) in [6.07, 6.45) is 1.07. The van der Waals surface area contributed by atoms with Crippen LogP contribution in [0, 0.1) is 20.8 Å².